The minimum Gasteiger partial charge on any atom is -0.465 e. The number of carbonyl (C=O) groups is 1. The van der Waals surface area contributed by atoms with Crippen molar-refractivity contribution >= 4 is 43.5 Å². The smallest absolute Gasteiger partial charge is 0.339 e. The average molecular weight is 401 g/mol. The minimum absolute atomic E-state index is 0.0496. The fourth-order valence-corrected chi connectivity index (χ4v) is 4.28. The van der Waals surface area contributed by atoms with Gasteiger partial charge in [-0.1, -0.05) is 11.6 Å². The third-order valence-electron chi connectivity index (χ3n) is 2.64. The van der Waals surface area contributed by atoms with E-state index in [9.17, 15) is 18.3 Å². The molecule has 118 valence electrons. The largest absolute Gasteiger partial charge is 0.465 e. The summed E-state index contributed by atoms with van der Waals surface area (Å²) in [6.45, 7) is 1.40. The van der Waals surface area contributed by atoms with Crippen LogP contribution in [0.1, 0.15) is 17.3 Å². The maximum atomic E-state index is 12.5. The number of likely N-dealkylation sites (N-methyl/N-ethyl adjacent to an activating group) is 1. The van der Waals surface area contributed by atoms with Crippen molar-refractivity contribution in [1.29, 1.82) is 0 Å². The van der Waals surface area contributed by atoms with Crippen LogP contribution in [0.15, 0.2) is 21.5 Å². The number of benzene rings is 1. The van der Waals surface area contributed by atoms with Crippen LogP contribution in [0.4, 0.5) is 0 Å². The number of rotatable bonds is 5. The third-order valence-corrected chi connectivity index (χ3v) is 5.73. The molecule has 1 aromatic rings. The maximum absolute atomic E-state index is 12.5. The first-order valence-electron chi connectivity index (χ1n) is 5.83. The van der Waals surface area contributed by atoms with E-state index in [0.717, 1.165) is 10.4 Å². The molecule has 1 aromatic carbocycles. The van der Waals surface area contributed by atoms with E-state index < -0.39 is 22.1 Å². The highest BCUT2D eigenvalue weighted by Gasteiger charge is 2.27. The van der Waals surface area contributed by atoms with Gasteiger partial charge in [-0.05, 0) is 35.0 Å². The Balaban J connectivity index is 3.39. The average Bonchev–Trinajstić information content (AvgIpc) is 2.36. The highest BCUT2D eigenvalue weighted by Crippen LogP contribution is 2.31. The molecule has 0 aliphatic heterocycles. The van der Waals surface area contributed by atoms with Crippen LogP contribution in [-0.2, 0) is 14.8 Å². The van der Waals surface area contributed by atoms with Crippen molar-refractivity contribution in [3.8, 4) is 0 Å². The van der Waals surface area contributed by atoms with Crippen LogP contribution in [-0.4, -0.2) is 50.6 Å². The zero-order valence-electron chi connectivity index (χ0n) is 11.6. The molecule has 0 saturated heterocycles. The number of ether oxygens (including phenoxy) is 1. The molecule has 1 atom stereocenters. The molecule has 0 saturated carbocycles. The molecular formula is C12H15BrClNO5S. The predicted molar refractivity (Wildman–Crippen MR) is 82.0 cm³/mol. The van der Waals surface area contributed by atoms with Gasteiger partial charge in [0.15, 0.2) is 0 Å². The van der Waals surface area contributed by atoms with Gasteiger partial charge in [0.05, 0.1) is 28.7 Å². The summed E-state index contributed by atoms with van der Waals surface area (Å²) >= 11 is 9.03. The summed E-state index contributed by atoms with van der Waals surface area (Å²) in [5.74, 6) is -0.734. The van der Waals surface area contributed by atoms with E-state index in [0.29, 0.717) is 0 Å². The van der Waals surface area contributed by atoms with Crippen molar-refractivity contribution in [2.24, 2.45) is 0 Å². The minimum atomic E-state index is -3.89. The molecule has 1 rings (SSSR count). The van der Waals surface area contributed by atoms with Gasteiger partial charge < -0.3 is 9.84 Å². The van der Waals surface area contributed by atoms with Crippen molar-refractivity contribution in [2.45, 2.75) is 17.9 Å². The molecule has 0 fully saturated rings. The normalized spacial score (nSPS) is 13.3. The molecule has 0 amide bonds. The van der Waals surface area contributed by atoms with Crippen LogP contribution in [0.5, 0.6) is 0 Å². The van der Waals surface area contributed by atoms with E-state index in [1.54, 1.807) is 0 Å². The lowest BCUT2D eigenvalue weighted by molar-refractivity contribution is 0.0600. The van der Waals surface area contributed by atoms with Gasteiger partial charge in [-0.3, -0.25) is 0 Å². The summed E-state index contributed by atoms with van der Waals surface area (Å²) in [7, 11) is -1.38. The number of nitrogens with zero attached hydrogens (tertiary/aromatic N) is 1. The first-order chi connectivity index (χ1) is 9.61. The molecule has 21 heavy (non-hydrogen) atoms. The zero-order chi connectivity index (χ0) is 16.4. The molecule has 6 nitrogen and oxygen atoms in total. The highest BCUT2D eigenvalue weighted by molar-refractivity contribution is 9.10. The predicted octanol–water partition coefficient (Wildman–Crippen LogP) is 1.89. The second-order valence-corrected chi connectivity index (χ2v) is 7.66. The highest BCUT2D eigenvalue weighted by atomic mass is 79.9. The van der Waals surface area contributed by atoms with Crippen LogP contribution in [0, 0.1) is 0 Å². The number of hydrogen-bond acceptors (Lipinski definition) is 5. The molecule has 0 radical (unpaired) electrons. The Hall–Kier alpha value is -0.670. The van der Waals surface area contributed by atoms with E-state index in [1.165, 1.54) is 27.1 Å². The van der Waals surface area contributed by atoms with Crippen molar-refractivity contribution in [3.05, 3.63) is 27.2 Å². The third kappa shape index (κ3) is 4.17. The Bertz CT molecular complexity index is 647. The van der Waals surface area contributed by atoms with Crippen LogP contribution in [0.3, 0.4) is 0 Å². The summed E-state index contributed by atoms with van der Waals surface area (Å²) in [6.07, 6.45) is -0.823. The van der Waals surface area contributed by atoms with Gasteiger partial charge in [-0.25, -0.2) is 13.2 Å². The van der Waals surface area contributed by atoms with E-state index in [2.05, 4.69) is 20.7 Å². The van der Waals surface area contributed by atoms with Crippen LogP contribution in [0.25, 0.3) is 0 Å². The van der Waals surface area contributed by atoms with Gasteiger partial charge in [0.1, 0.15) is 0 Å². The van der Waals surface area contributed by atoms with Crippen LogP contribution >= 0.6 is 27.5 Å². The number of halogens is 2. The fraction of sp³-hybridized carbons (Fsp3) is 0.417. The molecule has 0 spiro atoms. The molecule has 0 heterocycles. The van der Waals surface area contributed by atoms with E-state index in [-0.39, 0.29) is 26.5 Å². The van der Waals surface area contributed by atoms with Gasteiger partial charge in [0.2, 0.25) is 10.0 Å². The molecule has 1 N–H and O–H groups in total. The molecule has 0 aliphatic rings. The number of carbonyl (C=O) groups excluding carboxylic acids is 1. The molecule has 9 heteroatoms. The SMILES string of the molecule is COC(=O)c1cc(S(=O)(=O)N(C)C[C@@H](C)O)c(Br)cc1Cl. The second-order valence-electron chi connectivity index (χ2n) is 4.39. The number of aliphatic hydroxyl groups excluding tert-OH is 1. The molecule has 0 bridgehead atoms. The van der Waals surface area contributed by atoms with E-state index in [1.807, 2.05) is 0 Å². The van der Waals surface area contributed by atoms with Crippen molar-refractivity contribution in [1.82, 2.24) is 4.31 Å². The number of hydrogen-bond donors (Lipinski definition) is 1. The molecule has 0 unspecified atom stereocenters. The zero-order valence-corrected chi connectivity index (χ0v) is 14.8. The quantitative estimate of drug-likeness (QED) is 0.763. The van der Waals surface area contributed by atoms with E-state index >= 15 is 0 Å². The number of esters is 1. The standard InChI is InChI=1S/C12H15BrClNO5S/c1-7(16)6-15(2)21(18,19)11-4-8(12(17)20-3)10(14)5-9(11)13/h4-5,7,16H,6H2,1-3H3/t7-/m1/s1. The lowest BCUT2D eigenvalue weighted by Gasteiger charge is -2.20. The van der Waals surface area contributed by atoms with E-state index in [4.69, 9.17) is 11.6 Å². The monoisotopic (exact) mass is 399 g/mol. The Morgan fingerprint density at radius 1 is 1.52 bits per heavy atom. The topological polar surface area (TPSA) is 83.9 Å². The van der Waals surface area contributed by atoms with Gasteiger partial charge >= 0.3 is 5.97 Å². The van der Waals surface area contributed by atoms with Crippen molar-refractivity contribution in [3.63, 3.8) is 0 Å². The Morgan fingerprint density at radius 2 is 2.10 bits per heavy atom. The summed E-state index contributed by atoms with van der Waals surface area (Å²) in [6, 6.07) is 2.46. The van der Waals surface area contributed by atoms with Crippen molar-refractivity contribution in [2.75, 3.05) is 20.7 Å². The van der Waals surface area contributed by atoms with Gasteiger partial charge in [0, 0.05) is 18.1 Å². The Morgan fingerprint density at radius 3 is 2.57 bits per heavy atom. The maximum Gasteiger partial charge on any atom is 0.339 e. The second kappa shape index (κ2) is 7.06. The number of aliphatic hydroxyl groups is 1. The fourth-order valence-electron chi connectivity index (χ4n) is 1.63. The van der Waals surface area contributed by atoms with Gasteiger partial charge in [-0.2, -0.15) is 4.31 Å². The first kappa shape index (κ1) is 18.4. The first-order valence-corrected chi connectivity index (χ1v) is 8.44. The summed E-state index contributed by atoms with van der Waals surface area (Å²) in [5.41, 5.74) is -0.0496. The van der Waals surface area contributed by atoms with Gasteiger partial charge in [-0.15, -0.1) is 0 Å². The lowest BCUT2D eigenvalue weighted by atomic mass is 10.2. The summed E-state index contributed by atoms with van der Waals surface area (Å²) in [5, 5.41) is 9.39. The molecular weight excluding hydrogens is 386 g/mol. The lowest BCUT2D eigenvalue weighted by Crippen LogP contribution is -2.33. The molecule has 0 aliphatic carbocycles. The van der Waals surface area contributed by atoms with Crippen LogP contribution < -0.4 is 0 Å². The summed E-state index contributed by atoms with van der Waals surface area (Å²) in [4.78, 5) is 11.5. The Kier molecular flexibility index (Phi) is 6.18. The van der Waals surface area contributed by atoms with Gasteiger partial charge in [0.25, 0.3) is 0 Å². The summed E-state index contributed by atoms with van der Waals surface area (Å²) < 4.78 is 30.7. The van der Waals surface area contributed by atoms with Crippen LogP contribution in [0.2, 0.25) is 5.02 Å². The number of sulfonamides is 1. The molecule has 0 aromatic heterocycles. The number of methoxy groups -OCH3 is 1. The Labute approximate surface area is 136 Å². The van der Waals surface area contributed by atoms with Crippen molar-refractivity contribution < 1.29 is 23.1 Å².